The number of anilines is 1. The topological polar surface area (TPSA) is 58.2 Å². The predicted molar refractivity (Wildman–Crippen MR) is 93.8 cm³/mol. The van der Waals surface area contributed by atoms with Crippen LogP contribution >= 0.6 is 11.8 Å². The van der Waals surface area contributed by atoms with Crippen LogP contribution in [0.4, 0.5) is 5.69 Å². The van der Waals surface area contributed by atoms with E-state index < -0.39 is 0 Å². The lowest BCUT2D eigenvalue weighted by atomic mass is 10.0. The van der Waals surface area contributed by atoms with E-state index in [1.807, 2.05) is 18.2 Å². The monoisotopic (exact) mass is 326 g/mol. The Hall–Kier alpha value is -2.27. The van der Waals surface area contributed by atoms with Crippen LogP contribution in [0.5, 0.6) is 0 Å². The smallest absolute Gasteiger partial charge is 0.251 e. The lowest BCUT2D eigenvalue weighted by Crippen LogP contribution is -2.23. The molecule has 2 amide bonds. The number of aryl methyl sites for hydroxylation is 1. The molecule has 23 heavy (non-hydrogen) atoms. The highest BCUT2D eigenvalue weighted by molar-refractivity contribution is 8.00. The van der Waals surface area contributed by atoms with Crippen molar-refractivity contribution in [2.24, 2.45) is 0 Å². The molecule has 2 N–H and O–H groups in total. The van der Waals surface area contributed by atoms with Gasteiger partial charge in [-0.3, -0.25) is 9.59 Å². The molecule has 2 aromatic carbocycles. The van der Waals surface area contributed by atoms with Gasteiger partial charge >= 0.3 is 0 Å². The molecule has 0 bridgehead atoms. The Morgan fingerprint density at radius 2 is 1.96 bits per heavy atom. The summed E-state index contributed by atoms with van der Waals surface area (Å²) in [4.78, 5) is 24.3. The number of amides is 2. The second-order valence-corrected chi connectivity index (χ2v) is 6.56. The summed E-state index contributed by atoms with van der Waals surface area (Å²) in [6.07, 6.45) is 0.997. The van der Waals surface area contributed by atoms with E-state index in [9.17, 15) is 9.59 Å². The summed E-state index contributed by atoms with van der Waals surface area (Å²) >= 11 is 1.66. The minimum Gasteiger partial charge on any atom is -0.355 e. The molecule has 1 aliphatic heterocycles. The van der Waals surface area contributed by atoms with Gasteiger partial charge in [0.25, 0.3) is 5.91 Å². The minimum atomic E-state index is -0.205. The SMILES string of the molecule is CNC(=O)c1cccc(NC(=O)[C@@H]2SCCc3ccccc32)c1. The second-order valence-electron chi connectivity index (χ2n) is 5.35. The van der Waals surface area contributed by atoms with E-state index in [-0.39, 0.29) is 17.1 Å². The molecule has 4 nitrogen and oxygen atoms in total. The van der Waals surface area contributed by atoms with Gasteiger partial charge in [-0.2, -0.15) is 0 Å². The zero-order valence-electron chi connectivity index (χ0n) is 12.8. The fourth-order valence-electron chi connectivity index (χ4n) is 2.70. The number of hydrogen-bond donors (Lipinski definition) is 2. The van der Waals surface area contributed by atoms with E-state index in [1.54, 1.807) is 43.1 Å². The van der Waals surface area contributed by atoms with Crippen LogP contribution in [0, 0.1) is 0 Å². The number of thioether (sulfide) groups is 1. The van der Waals surface area contributed by atoms with Gasteiger partial charge in [0.05, 0.1) is 0 Å². The van der Waals surface area contributed by atoms with E-state index >= 15 is 0 Å². The first-order valence-corrected chi connectivity index (χ1v) is 8.56. The molecular formula is C18H18N2O2S. The summed E-state index contributed by atoms with van der Waals surface area (Å²) in [5, 5.41) is 5.31. The molecule has 0 aromatic heterocycles. The summed E-state index contributed by atoms with van der Waals surface area (Å²) in [5.41, 5.74) is 3.50. The number of hydrogen-bond acceptors (Lipinski definition) is 3. The van der Waals surface area contributed by atoms with Crippen LogP contribution in [-0.2, 0) is 11.2 Å². The van der Waals surface area contributed by atoms with E-state index in [2.05, 4.69) is 16.7 Å². The van der Waals surface area contributed by atoms with Gasteiger partial charge in [-0.25, -0.2) is 0 Å². The van der Waals surface area contributed by atoms with E-state index in [0.717, 1.165) is 17.7 Å². The molecular weight excluding hydrogens is 308 g/mol. The van der Waals surface area contributed by atoms with Gasteiger partial charge in [-0.15, -0.1) is 11.8 Å². The van der Waals surface area contributed by atoms with Crippen LogP contribution in [0.1, 0.15) is 26.7 Å². The lowest BCUT2D eigenvalue weighted by Gasteiger charge is -2.24. The summed E-state index contributed by atoms with van der Waals surface area (Å²) < 4.78 is 0. The largest absolute Gasteiger partial charge is 0.355 e. The predicted octanol–water partition coefficient (Wildman–Crippen LogP) is 3.02. The summed E-state index contributed by atoms with van der Waals surface area (Å²) in [6, 6.07) is 15.1. The molecule has 3 rings (SSSR count). The average Bonchev–Trinajstić information content (AvgIpc) is 2.60. The van der Waals surface area contributed by atoms with Crippen LogP contribution in [0.3, 0.4) is 0 Å². The normalized spacial score (nSPS) is 16.3. The molecule has 1 heterocycles. The highest BCUT2D eigenvalue weighted by Crippen LogP contribution is 2.37. The molecule has 0 saturated carbocycles. The highest BCUT2D eigenvalue weighted by atomic mass is 32.2. The number of carbonyl (C=O) groups is 2. The maximum Gasteiger partial charge on any atom is 0.251 e. The average molecular weight is 326 g/mol. The Bertz CT molecular complexity index is 745. The highest BCUT2D eigenvalue weighted by Gasteiger charge is 2.26. The molecule has 5 heteroatoms. The molecule has 0 unspecified atom stereocenters. The van der Waals surface area contributed by atoms with Crippen molar-refractivity contribution in [2.45, 2.75) is 11.7 Å². The molecule has 0 fully saturated rings. The van der Waals surface area contributed by atoms with Gasteiger partial charge in [-0.05, 0) is 41.5 Å². The zero-order chi connectivity index (χ0) is 16.2. The van der Waals surface area contributed by atoms with E-state index in [4.69, 9.17) is 0 Å². The molecule has 1 atom stereocenters. The van der Waals surface area contributed by atoms with Crippen molar-refractivity contribution in [2.75, 3.05) is 18.1 Å². The first-order chi connectivity index (χ1) is 11.2. The van der Waals surface area contributed by atoms with E-state index in [1.165, 1.54) is 5.56 Å². The van der Waals surface area contributed by atoms with Gasteiger partial charge in [0.1, 0.15) is 5.25 Å². The van der Waals surface area contributed by atoms with Gasteiger partial charge in [-0.1, -0.05) is 30.3 Å². The Balaban J connectivity index is 1.79. The van der Waals surface area contributed by atoms with Crippen molar-refractivity contribution in [3.63, 3.8) is 0 Å². The molecule has 0 spiro atoms. The molecule has 0 aliphatic carbocycles. The van der Waals surface area contributed by atoms with Crippen molar-refractivity contribution < 1.29 is 9.59 Å². The molecule has 2 aromatic rings. The van der Waals surface area contributed by atoms with Crippen molar-refractivity contribution in [3.05, 3.63) is 65.2 Å². The number of carbonyl (C=O) groups excluding carboxylic acids is 2. The van der Waals surface area contributed by atoms with Gasteiger partial charge in [0.15, 0.2) is 0 Å². The number of rotatable bonds is 3. The molecule has 118 valence electrons. The lowest BCUT2D eigenvalue weighted by molar-refractivity contribution is -0.115. The fraction of sp³-hybridized carbons (Fsp3) is 0.222. The summed E-state index contributed by atoms with van der Waals surface area (Å²) in [7, 11) is 1.59. The third-order valence-electron chi connectivity index (χ3n) is 3.85. The Morgan fingerprint density at radius 3 is 2.78 bits per heavy atom. The molecule has 0 radical (unpaired) electrons. The minimum absolute atomic E-state index is 0.0452. The van der Waals surface area contributed by atoms with Crippen LogP contribution < -0.4 is 10.6 Å². The van der Waals surface area contributed by atoms with Gasteiger partial charge < -0.3 is 10.6 Å². The number of fused-ring (bicyclic) bond motifs is 1. The molecule has 1 aliphatic rings. The number of benzene rings is 2. The Kier molecular flexibility index (Phi) is 4.67. The van der Waals surface area contributed by atoms with Gasteiger partial charge in [0, 0.05) is 18.3 Å². The zero-order valence-corrected chi connectivity index (χ0v) is 13.7. The first-order valence-electron chi connectivity index (χ1n) is 7.51. The quantitative estimate of drug-likeness (QED) is 0.911. The first kappa shape index (κ1) is 15.6. The van der Waals surface area contributed by atoms with Crippen molar-refractivity contribution in [1.29, 1.82) is 0 Å². The van der Waals surface area contributed by atoms with Crippen molar-refractivity contribution in [1.82, 2.24) is 5.32 Å². The second kappa shape index (κ2) is 6.87. The third kappa shape index (κ3) is 3.40. The Labute approximate surface area is 139 Å². The van der Waals surface area contributed by atoms with Crippen LogP contribution in [0.25, 0.3) is 0 Å². The van der Waals surface area contributed by atoms with Crippen LogP contribution in [0.15, 0.2) is 48.5 Å². The van der Waals surface area contributed by atoms with Crippen molar-refractivity contribution in [3.8, 4) is 0 Å². The van der Waals surface area contributed by atoms with E-state index in [0.29, 0.717) is 11.3 Å². The van der Waals surface area contributed by atoms with Crippen LogP contribution in [-0.4, -0.2) is 24.6 Å². The third-order valence-corrected chi connectivity index (χ3v) is 5.09. The summed E-state index contributed by atoms with van der Waals surface area (Å²) in [5.74, 6) is 0.725. The summed E-state index contributed by atoms with van der Waals surface area (Å²) in [6.45, 7) is 0. The standard InChI is InChI=1S/C18H18N2O2S/c1-19-17(21)13-6-4-7-14(11-13)20-18(22)16-15-8-3-2-5-12(15)9-10-23-16/h2-8,11,16H,9-10H2,1H3,(H,19,21)(H,20,22)/t16-/m1/s1. The maximum absolute atomic E-state index is 12.6. The van der Waals surface area contributed by atoms with Gasteiger partial charge in [0.2, 0.25) is 5.91 Å². The Morgan fingerprint density at radius 1 is 1.13 bits per heavy atom. The molecule has 0 saturated heterocycles. The maximum atomic E-state index is 12.6. The van der Waals surface area contributed by atoms with Crippen LogP contribution in [0.2, 0.25) is 0 Å². The fourth-order valence-corrected chi connectivity index (χ4v) is 3.89. The van der Waals surface area contributed by atoms with Crippen molar-refractivity contribution >= 4 is 29.3 Å². The number of nitrogens with one attached hydrogen (secondary N) is 2.